The summed E-state index contributed by atoms with van der Waals surface area (Å²) in [5, 5.41) is 2.74. The van der Waals surface area contributed by atoms with Gasteiger partial charge in [-0.2, -0.15) is 0 Å². The molecule has 0 fully saturated rings. The topological polar surface area (TPSA) is 38.7 Å². The van der Waals surface area contributed by atoms with Gasteiger partial charge in [-0.05, 0) is 31.0 Å². The number of halogens is 1. The fraction of sp³-hybridized carbons (Fsp3) is 0.214. The monoisotopic (exact) mass is 321 g/mol. The Morgan fingerprint density at radius 3 is 2.80 bits per heavy atom. The molecule has 0 saturated carbocycles. The lowest BCUT2D eigenvalue weighted by Gasteiger charge is -2.03. The summed E-state index contributed by atoms with van der Waals surface area (Å²) in [4.78, 5) is 15.2. The second kappa shape index (κ2) is 5.68. The molecule has 102 valence electrons. The molecule has 6 heteroatoms. The van der Waals surface area contributed by atoms with Crippen LogP contribution >= 0.6 is 34.7 Å². The fourth-order valence-electron chi connectivity index (χ4n) is 1.90. The van der Waals surface area contributed by atoms with Gasteiger partial charge in [0.15, 0.2) is 0 Å². The molecule has 0 spiro atoms. The zero-order chi connectivity index (χ0) is 14.1. The number of fused-ring (bicyclic) bond motifs is 1. The molecule has 3 aromatic rings. The Kier molecular flexibility index (Phi) is 3.92. The Hall–Kier alpha value is -1.17. The molecule has 0 aliphatic carbocycles. The van der Waals surface area contributed by atoms with Crippen molar-refractivity contribution in [3.8, 4) is 0 Å². The summed E-state index contributed by atoms with van der Waals surface area (Å²) in [5.74, 6) is 0.824. The van der Waals surface area contributed by atoms with E-state index in [4.69, 9.17) is 11.6 Å². The largest absolute Gasteiger partial charge is 0.244 e. The van der Waals surface area contributed by atoms with Crippen LogP contribution < -0.4 is 0 Å². The molecule has 3 heterocycles. The smallest absolute Gasteiger partial charge is 0.129 e. The lowest BCUT2D eigenvalue weighted by atomic mass is 10.2. The molecular formula is C14H12ClN3S2. The molecule has 0 bridgehead atoms. The molecule has 20 heavy (non-hydrogen) atoms. The predicted molar refractivity (Wildman–Crippen MR) is 85.7 cm³/mol. The molecular weight excluding hydrogens is 310 g/mol. The fourth-order valence-corrected chi connectivity index (χ4v) is 4.07. The van der Waals surface area contributed by atoms with Crippen LogP contribution in [-0.4, -0.2) is 15.0 Å². The molecule has 0 unspecified atom stereocenters. The molecule has 0 atom stereocenters. The van der Waals surface area contributed by atoms with Crippen LogP contribution in [0.25, 0.3) is 10.2 Å². The van der Waals surface area contributed by atoms with E-state index < -0.39 is 0 Å². The molecule has 3 nitrogen and oxygen atoms in total. The minimum absolute atomic E-state index is 0.521. The van der Waals surface area contributed by atoms with E-state index in [2.05, 4.69) is 28.8 Å². The summed E-state index contributed by atoms with van der Waals surface area (Å²) in [6.07, 6.45) is 3.44. The number of aromatic nitrogens is 3. The summed E-state index contributed by atoms with van der Waals surface area (Å²) in [7, 11) is 0. The maximum absolute atomic E-state index is 5.79. The maximum Gasteiger partial charge on any atom is 0.129 e. The van der Waals surface area contributed by atoms with Gasteiger partial charge in [0, 0.05) is 22.2 Å². The van der Waals surface area contributed by atoms with E-state index in [9.17, 15) is 0 Å². The second-order valence-corrected chi connectivity index (χ2v) is 6.97. The van der Waals surface area contributed by atoms with Crippen molar-refractivity contribution in [3.05, 3.63) is 45.8 Å². The van der Waals surface area contributed by atoms with Crippen LogP contribution in [-0.2, 0) is 5.75 Å². The van der Waals surface area contributed by atoms with Gasteiger partial charge < -0.3 is 0 Å². The summed E-state index contributed by atoms with van der Waals surface area (Å²) in [5.41, 5.74) is 2.41. The highest BCUT2D eigenvalue weighted by atomic mass is 35.5. The SMILES string of the molecule is Cc1sc2ncnc(SCc3ccc(Cl)nc3)c2c1C. The number of thioether (sulfide) groups is 1. The van der Waals surface area contributed by atoms with Crippen LogP contribution in [0.5, 0.6) is 0 Å². The Labute approximate surface area is 130 Å². The first-order chi connectivity index (χ1) is 9.65. The first-order valence-electron chi connectivity index (χ1n) is 6.09. The van der Waals surface area contributed by atoms with E-state index in [-0.39, 0.29) is 0 Å². The van der Waals surface area contributed by atoms with Gasteiger partial charge in [-0.25, -0.2) is 15.0 Å². The van der Waals surface area contributed by atoms with Crippen LogP contribution in [0.2, 0.25) is 5.15 Å². The number of nitrogens with zero attached hydrogens (tertiary/aromatic N) is 3. The minimum atomic E-state index is 0.521. The van der Waals surface area contributed by atoms with Crippen LogP contribution in [0, 0.1) is 13.8 Å². The summed E-state index contributed by atoms with van der Waals surface area (Å²) < 4.78 is 0. The molecule has 0 amide bonds. The summed E-state index contributed by atoms with van der Waals surface area (Å²) in [6, 6.07) is 3.81. The molecule has 3 aromatic heterocycles. The predicted octanol–water partition coefficient (Wildman–Crippen LogP) is 4.65. The van der Waals surface area contributed by atoms with Crippen molar-refractivity contribution >= 4 is 44.9 Å². The molecule has 0 aliphatic rings. The number of rotatable bonds is 3. The van der Waals surface area contributed by atoms with E-state index in [1.807, 2.05) is 12.1 Å². The van der Waals surface area contributed by atoms with Gasteiger partial charge in [0.25, 0.3) is 0 Å². The average molecular weight is 322 g/mol. The average Bonchev–Trinajstić information content (AvgIpc) is 2.74. The highest BCUT2D eigenvalue weighted by Crippen LogP contribution is 2.35. The molecule has 3 rings (SSSR count). The number of pyridine rings is 1. The first kappa shape index (κ1) is 13.8. The molecule has 0 aliphatic heterocycles. The van der Waals surface area contributed by atoms with Crippen LogP contribution in [0.3, 0.4) is 0 Å². The normalized spacial score (nSPS) is 11.2. The third-order valence-electron chi connectivity index (χ3n) is 3.09. The Morgan fingerprint density at radius 2 is 2.05 bits per heavy atom. The number of aryl methyl sites for hydroxylation is 2. The van der Waals surface area contributed by atoms with Crippen molar-refractivity contribution in [1.82, 2.24) is 15.0 Å². The van der Waals surface area contributed by atoms with Gasteiger partial charge in [-0.3, -0.25) is 0 Å². The van der Waals surface area contributed by atoms with Gasteiger partial charge in [-0.15, -0.1) is 23.1 Å². The zero-order valence-corrected chi connectivity index (χ0v) is 13.4. The minimum Gasteiger partial charge on any atom is -0.244 e. The van der Waals surface area contributed by atoms with Gasteiger partial charge in [0.05, 0.1) is 0 Å². The number of hydrogen-bond donors (Lipinski definition) is 0. The number of thiophene rings is 1. The van der Waals surface area contributed by atoms with Crippen LogP contribution in [0.15, 0.2) is 29.7 Å². The van der Waals surface area contributed by atoms with Crippen molar-refractivity contribution in [2.75, 3.05) is 0 Å². The van der Waals surface area contributed by atoms with Gasteiger partial charge in [-0.1, -0.05) is 17.7 Å². The first-order valence-corrected chi connectivity index (χ1v) is 8.27. The highest BCUT2D eigenvalue weighted by molar-refractivity contribution is 7.98. The summed E-state index contributed by atoms with van der Waals surface area (Å²) in [6.45, 7) is 4.25. The van der Waals surface area contributed by atoms with Crippen molar-refractivity contribution in [2.24, 2.45) is 0 Å². The quantitative estimate of drug-likeness (QED) is 0.400. The van der Waals surface area contributed by atoms with E-state index >= 15 is 0 Å². The van der Waals surface area contributed by atoms with Crippen LogP contribution in [0.1, 0.15) is 16.0 Å². The van der Waals surface area contributed by atoms with Crippen molar-refractivity contribution < 1.29 is 0 Å². The van der Waals surface area contributed by atoms with Crippen molar-refractivity contribution in [3.63, 3.8) is 0 Å². The standard InChI is InChI=1S/C14H12ClN3S2/c1-8-9(2)20-14-12(8)13(17-7-18-14)19-6-10-3-4-11(15)16-5-10/h3-5,7H,6H2,1-2H3. The third-order valence-corrected chi connectivity index (χ3v) is 5.49. The third kappa shape index (κ3) is 2.66. The molecule has 0 radical (unpaired) electrons. The maximum atomic E-state index is 5.79. The molecule has 0 aromatic carbocycles. The van der Waals surface area contributed by atoms with Crippen molar-refractivity contribution in [2.45, 2.75) is 24.6 Å². The lowest BCUT2D eigenvalue weighted by molar-refractivity contribution is 1.10. The Bertz CT molecular complexity index is 753. The van der Waals surface area contributed by atoms with E-state index in [1.165, 1.54) is 15.8 Å². The van der Waals surface area contributed by atoms with E-state index in [0.29, 0.717) is 5.15 Å². The van der Waals surface area contributed by atoms with Gasteiger partial charge in [0.2, 0.25) is 0 Å². The summed E-state index contributed by atoms with van der Waals surface area (Å²) >= 11 is 9.22. The Balaban J connectivity index is 1.89. The Morgan fingerprint density at radius 1 is 1.20 bits per heavy atom. The molecule has 0 saturated heterocycles. The highest BCUT2D eigenvalue weighted by Gasteiger charge is 2.12. The number of hydrogen-bond acceptors (Lipinski definition) is 5. The van der Waals surface area contributed by atoms with Gasteiger partial charge >= 0.3 is 0 Å². The molecule has 0 N–H and O–H groups in total. The lowest BCUT2D eigenvalue weighted by Crippen LogP contribution is -1.88. The zero-order valence-electron chi connectivity index (χ0n) is 11.1. The van der Waals surface area contributed by atoms with Crippen LogP contribution in [0.4, 0.5) is 0 Å². The van der Waals surface area contributed by atoms with Crippen molar-refractivity contribution in [1.29, 1.82) is 0 Å². The van der Waals surface area contributed by atoms with Gasteiger partial charge in [0.1, 0.15) is 21.3 Å². The second-order valence-electron chi connectivity index (χ2n) is 4.42. The van der Waals surface area contributed by atoms with E-state index in [1.54, 1.807) is 35.6 Å². The van der Waals surface area contributed by atoms with E-state index in [0.717, 1.165) is 21.2 Å².